The second-order valence-corrected chi connectivity index (χ2v) is 8.87. The summed E-state index contributed by atoms with van der Waals surface area (Å²) in [7, 11) is -2.07. The van der Waals surface area contributed by atoms with Crippen LogP contribution in [0.5, 0.6) is 0 Å². The Bertz CT molecular complexity index is 1130. The molecule has 0 saturated carbocycles. The van der Waals surface area contributed by atoms with Crippen molar-refractivity contribution in [3.05, 3.63) is 65.9 Å². The van der Waals surface area contributed by atoms with E-state index in [4.69, 9.17) is 0 Å². The van der Waals surface area contributed by atoms with Crippen LogP contribution in [-0.4, -0.2) is 32.0 Å². The van der Waals surface area contributed by atoms with E-state index in [1.165, 1.54) is 23.9 Å². The molecular formula is C21H23N5O2S. The lowest BCUT2D eigenvalue weighted by atomic mass is 9.99. The van der Waals surface area contributed by atoms with Crippen molar-refractivity contribution >= 4 is 33.2 Å². The molecule has 0 radical (unpaired) electrons. The summed E-state index contributed by atoms with van der Waals surface area (Å²) in [5, 5.41) is 3.15. The van der Waals surface area contributed by atoms with Gasteiger partial charge in [-0.15, -0.1) is 0 Å². The van der Waals surface area contributed by atoms with Crippen molar-refractivity contribution in [2.75, 3.05) is 23.8 Å². The van der Waals surface area contributed by atoms with Gasteiger partial charge in [0.25, 0.3) is 0 Å². The number of anilines is 4. The minimum atomic E-state index is -3.46. The van der Waals surface area contributed by atoms with Gasteiger partial charge in [-0.1, -0.05) is 17.7 Å². The third-order valence-corrected chi connectivity index (χ3v) is 6.39. The SMILES string of the molecule is CNS(=O)(=O)c1ccc(Nc2nccc(N3CCCc4cc(C)ccc43)n2)cc1. The van der Waals surface area contributed by atoms with E-state index in [1.807, 2.05) is 6.07 Å². The summed E-state index contributed by atoms with van der Waals surface area (Å²) in [5.74, 6) is 1.30. The molecule has 2 heterocycles. The van der Waals surface area contributed by atoms with E-state index in [-0.39, 0.29) is 4.90 Å². The molecule has 0 bridgehead atoms. The molecule has 0 amide bonds. The minimum Gasteiger partial charge on any atom is -0.326 e. The summed E-state index contributed by atoms with van der Waals surface area (Å²) < 4.78 is 26.0. The maximum Gasteiger partial charge on any atom is 0.240 e. The van der Waals surface area contributed by atoms with Crippen molar-refractivity contribution < 1.29 is 8.42 Å². The van der Waals surface area contributed by atoms with Crippen LogP contribution in [0.25, 0.3) is 0 Å². The zero-order valence-corrected chi connectivity index (χ0v) is 17.2. The summed E-state index contributed by atoms with van der Waals surface area (Å²) in [6.45, 7) is 3.02. The molecule has 0 unspecified atom stereocenters. The highest BCUT2D eigenvalue weighted by molar-refractivity contribution is 7.89. The second-order valence-electron chi connectivity index (χ2n) is 6.98. The van der Waals surface area contributed by atoms with Gasteiger partial charge >= 0.3 is 0 Å². The fourth-order valence-electron chi connectivity index (χ4n) is 3.49. The number of aryl methyl sites for hydroxylation is 2. The second kappa shape index (κ2) is 7.81. The molecule has 3 aromatic rings. The van der Waals surface area contributed by atoms with Crippen LogP contribution in [0.15, 0.2) is 59.6 Å². The van der Waals surface area contributed by atoms with E-state index in [0.717, 1.165) is 25.2 Å². The van der Waals surface area contributed by atoms with Crippen LogP contribution < -0.4 is 14.9 Å². The van der Waals surface area contributed by atoms with Crippen LogP contribution in [0.1, 0.15) is 17.5 Å². The Hall–Kier alpha value is -2.97. The Labute approximate surface area is 170 Å². The average molecular weight is 410 g/mol. The molecule has 1 aliphatic rings. The van der Waals surface area contributed by atoms with Gasteiger partial charge in [-0.25, -0.2) is 18.1 Å². The van der Waals surface area contributed by atoms with Gasteiger partial charge in [0.15, 0.2) is 0 Å². The predicted octanol–water partition coefficient (Wildman–Crippen LogP) is 3.52. The third-order valence-electron chi connectivity index (χ3n) is 4.96. The zero-order chi connectivity index (χ0) is 20.4. The van der Waals surface area contributed by atoms with Crippen molar-refractivity contribution in [1.29, 1.82) is 0 Å². The van der Waals surface area contributed by atoms with Crippen LogP contribution in [0, 0.1) is 6.92 Å². The van der Waals surface area contributed by atoms with Crippen molar-refractivity contribution in [2.45, 2.75) is 24.7 Å². The van der Waals surface area contributed by atoms with E-state index in [1.54, 1.807) is 30.5 Å². The highest BCUT2D eigenvalue weighted by atomic mass is 32.2. The number of rotatable bonds is 5. The van der Waals surface area contributed by atoms with Crippen molar-refractivity contribution in [3.8, 4) is 0 Å². The molecule has 4 rings (SSSR count). The molecule has 150 valence electrons. The number of sulfonamides is 1. The van der Waals surface area contributed by atoms with Gasteiger partial charge in [0.1, 0.15) is 5.82 Å². The fraction of sp³-hybridized carbons (Fsp3) is 0.238. The van der Waals surface area contributed by atoms with Crippen LogP contribution in [-0.2, 0) is 16.4 Å². The van der Waals surface area contributed by atoms with Crippen LogP contribution in [0.2, 0.25) is 0 Å². The first-order valence-electron chi connectivity index (χ1n) is 9.47. The lowest BCUT2D eigenvalue weighted by molar-refractivity contribution is 0.588. The zero-order valence-electron chi connectivity index (χ0n) is 16.4. The number of hydrogen-bond donors (Lipinski definition) is 2. The van der Waals surface area contributed by atoms with Crippen LogP contribution in [0.4, 0.5) is 23.1 Å². The molecule has 0 aliphatic carbocycles. The van der Waals surface area contributed by atoms with Crippen molar-refractivity contribution in [1.82, 2.24) is 14.7 Å². The predicted molar refractivity (Wildman–Crippen MR) is 115 cm³/mol. The van der Waals surface area contributed by atoms with E-state index in [0.29, 0.717) is 11.6 Å². The molecule has 7 nitrogen and oxygen atoms in total. The average Bonchev–Trinajstić information content (AvgIpc) is 2.73. The molecule has 0 saturated heterocycles. The maximum absolute atomic E-state index is 11.9. The Kier molecular flexibility index (Phi) is 5.21. The first-order chi connectivity index (χ1) is 14.0. The Morgan fingerprint density at radius 3 is 2.62 bits per heavy atom. The summed E-state index contributed by atoms with van der Waals surface area (Å²) in [6.07, 6.45) is 3.88. The lowest BCUT2D eigenvalue weighted by Crippen LogP contribution is -2.25. The molecule has 0 spiro atoms. The molecule has 1 aliphatic heterocycles. The molecule has 1 aromatic heterocycles. The molecule has 29 heavy (non-hydrogen) atoms. The normalized spacial score (nSPS) is 13.8. The number of hydrogen-bond acceptors (Lipinski definition) is 6. The van der Waals surface area contributed by atoms with Gasteiger partial charge in [0.2, 0.25) is 16.0 Å². The number of fused-ring (bicyclic) bond motifs is 1. The quantitative estimate of drug-likeness (QED) is 0.670. The van der Waals surface area contributed by atoms with E-state index in [2.05, 4.69) is 50.0 Å². The van der Waals surface area contributed by atoms with Gasteiger partial charge in [-0.3, -0.25) is 0 Å². The van der Waals surface area contributed by atoms with E-state index < -0.39 is 10.0 Å². The molecular weight excluding hydrogens is 386 g/mol. The number of nitrogens with one attached hydrogen (secondary N) is 2. The summed E-state index contributed by atoms with van der Waals surface area (Å²) in [6, 6.07) is 14.9. The van der Waals surface area contributed by atoms with E-state index in [9.17, 15) is 8.42 Å². The number of benzene rings is 2. The smallest absolute Gasteiger partial charge is 0.240 e. The number of aromatic nitrogens is 2. The van der Waals surface area contributed by atoms with Crippen LogP contribution in [0.3, 0.4) is 0 Å². The fourth-order valence-corrected chi connectivity index (χ4v) is 4.22. The monoisotopic (exact) mass is 409 g/mol. The number of nitrogens with zero attached hydrogens (tertiary/aromatic N) is 3. The largest absolute Gasteiger partial charge is 0.326 e. The Morgan fingerprint density at radius 2 is 1.86 bits per heavy atom. The highest BCUT2D eigenvalue weighted by Crippen LogP contribution is 2.33. The minimum absolute atomic E-state index is 0.209. The maximum atomic E-state index is 11.9. The van der Waals surface area contributed by atoms with Gasteiger partial charge in [0.05, 0.1) is 4.90 Å². The summed E-state index contributed by atoms with van der Waals surface area (Å²) in [5.41, 5.74) is 4.50. The van der Waals surface area contributed by atoms with Gasteiger partial charge in [-0.05, 0) is 68.8 Å². The van der Waals surface area contributed by atoms with Crippen LogP contribution >= 0.6 is 0 Å². The Balaban J connectivity index is 1.58. The molecule has 2 aromatic carbocycles. The third kappa shape index (κ3) is 4.08. The van der Waals surface area contributed by atoms with Crippen molar-refractivity contribution in [3.63, 3.8) is 0 Å². The van der Waals surface area contributed by atoms with Gasteiger partial charge < -0.3 is 10.2 Å². The molecule has 0 fully saturated rings. The Morgan fingerprint density at radius 1 is 1.07 bits per heavy atom. The molecule has 8 heteroatoms. The standard InChI is InChI=1S/C21H23N5O2S/c1-15-5-10-19-16(14-15)4-3-13-26(19)20-11-12-23-21(25-20)24-17-6-8-18(9-7-17)29(27,28)22-2/h5-12,14,22H,3-4,13H2,1-2H3,(H,23,24,25). The highest BCUT2D eigenvalue weighted by Gasteiger charge is 2.19. The summed E-state index contributed by atoms with van der Waals surface area (Å²) in [4.78, 5) is 11.4. The summed E-state index contributed by atoms with van der Waals surface area (Å²) >= 11 is 0. The molecule has 2 N–H and O–H groups in total. The first-order valence-corrected chi connectivity index (χ1v) is 11.0. The van der Waals surface area contributed by atoms with Gasteiger partial charge in [0, 0.05) is 24.1 Å². The van der Waals surface area contributed by atoms with E-state index >= 15 is 0 Å². The van der Waals surface area contributed by atoms with Gasteiger partial charge in [-0.2, -0.15) is 4.98 Å². The lowest BCUT2D eigenvalue weighted by Gasteiger charge is -2.30. The first kappa shape index (κ1) is 19.4. The molecule has 0 atom stereocenters. The topological polar surface area (TPSA) is 87.2 Å². The van der Waals surface area contributed by atoms with Crippen molar-refractivity contribution in [2.24, 2.45) is 0 Å².